The molecule has 40 heavy (non-hydrogen) atoms. The number of thiocarbonyl (C=S) groups is 1. The molecule has 212 valence electrons. The molecule has 1 amide bonds. The molecule has 3 rings (SSSR count). The van der Waals surface area contributed by atoms with Crippen LogP contribution in [-0.4, -0.2) is 55.6 Å². The van der Waals surface area contributed by atoms with E-state index in [0.29, 0.717) is 39.0 Å². The zero-order valence-electron chi connectivity index (χ0n) is 22.1. The van der Waals surface area contributed by atoms with Gasteiger partial charge in [-0.2, -0.15) is 5.10 Å². The van der Waals surface area contributed by atoms with Crippen LogP contribution in [0.2, 0.25) is 0 Å². The molecule has 2 aromatic rings. The molecule has 1 aliphatic rings. The molecule has 2 aromatic carbocycles. The predicted molar refractivity (Wildman–Crippen MR) is 160 cm³/mol. The summed E-state index contributed by atoms with van der Waals surface area (Å²) in [5.41, 5.74) is 4.69. The van der Waals surface area contributed by atoms with Crippen LogP contribution in [0.4, 0.5) is 0 Å². The maximum absolute atomic E-state index is 12.7. The van der Waals surface area contributed by atoms with E-state index in [9.17, 15) is 14.4 Å². The van der Waals surface area contributed by atoms with Crippen LogP contribution in [0.1, 0.15) is 37.9 Å². The molecule has 1 heterocycles. The summed E-state index contributed by atoms with van der Waals surface area (Å²) in [7, 11) is 0. The minimum Gasteiger partial charge on any atom is -0.483 e. The molecule has 13 heteroatoms. The molecule has 1 aliphatic heterocycles. The fourth-order valence-corrected chi connectivity index (χ4v) is 4.63. The number of ether oxygens (including phenoxy) is 4. The van der Waals surface area contributed by atoms with Gasteiger partial charge in [-0.1, -0.05) is 18.2 Å². The Morgan fingerprint density at radius 2 is 1.77 bits per heavy atom. The summed E-state index contributed by atoms with van der Waals surface area (Å²) in [4.78, 5) is 36.6. The molecular weight excluding hydrogens is 651 g/mol. The highest BCUT2D eigenvalue weighted by Crippen LogP contribution is 2.33. The van der Waals surface area contributed by atoms with Crippen LogP contribution in [0.15, 0.2) is 58.8 Å². The zero-order valence-corrected chi connectivity index (χ0v) is 25.1. The molecule has 0 aliphatic carbocycles. The first kappa shape index (κ1) is 30.8. The maximum atomic E-state index is 12.7. The van der Waals surface area contributed by atoms with E-state index in [0.717, 1.165) is 3.57 Å². The summed E-state index contributed by atoms with van der Waals surface area (Å²) >= 11 is 7.37. The normalized spacial score (nSPS) is 14.7. The van der Waals surface area contributed by atoms with Crippen LogP contribution in [0.5, 0.6) is 11.5 Å². The molecule has 0 saturated heterocycles. The van der Waals surface area contributed by atoms with Crippen LogP contribution in [0, 0.1) is 3.57 Å². The van der Waals surface area contributed by atoms with Crippen molar-refractivity contribution in [3.63, 3.8) is 0 Å². The highest BCUT2D eigenvalue weighted by atomic mass is 127. The van der Waals surface area contributed by atoms with Gasteiger partial charge in [0.05, 0.1) is 34.6 Å². The Kier molecular flexibility index (Phi) is 11.7. The molecular formula is C27H29IN4O7S. The second-order valence-corrected chi connectivity index (χ2v) is 9.76. The van der Waals surface area contributed by atoms with Gasteiger partial charge >= 0.3 is 11.9 Å². The van der Waals surface area contributed by atoms with Gasteiger partial charge in [0, 0.05) is 11.3 Å². The highest BCUT2D eigenvalue weighted by molar-refractivity contribution is 14.1. The van der Waals surface area contributed by atoms with Crippen molar-refractivity contribution >= 4 is 64.0 Å². The van der Waals surface area contributed by atoms with E-state index in [1.807, 2.05) is 0 Å². The summed E-state index contributed by atoms with van der Waals surface area (Å²) < 4.78 is 22.1. The Hall–Kier alpha value is -3.72. The number of hydrogen-bond acceptors (Lipinski definition) is 9. The smallest absolute Gasteiger partial charge is 0.344 e. The van der Waals surface area contributed by atoms with E-state index < -0.39 is 23.9 Å². The second kappa shape index (κ2) is 15.2. The van der Waals surface area contributed by atoms with Gasteiger partial charge < -0.3 is 29.6 Å². The second-order valence-electron chi connectivity index (χ2n) is 8.19. The quantitative estimate of drug-likeness (QED) is 0.101. The average Bonchev–Trinajstić information content (AvgIpc) is 2.91. The van der Waals surface area contributed by atoms with E-state index in [-0.39, 0.29) is 26.4 Å². The number of amides is 1. The van der Waals surface area contributed by atoms with Gasteiger partial charge in [0.15, 0.2) is 18.3 Å². The summed E-state index contributed by atoms with van der Waals surface area (Å²) in [5, 5.41) is 10.4. The van der Waals surface area contributed by atoms with Crippen LogP contribution in [0.25, 0.3) is 0 Å². The van der Waals surface area contributed by atoms with Gasteiger partial charge in [-0.05, 0) is 85.4 Å². The Labute approximate surface area is 250 Å². The average molecular weight is 681 g/mol. The van der Waals surface area contributed by atoms with Crippen LogP contribution in [0.3, 0.4) is 0 Å². The molecule has 0 aromatic heterocycles. The lowest BCUT2D eigenvalue weighted by atomic mass is 9.95. The molecule has 0 bridgehead atoms. The third kappa shape index (κ3) is 8.64. The van der Waals surface area contributed by atoms with Gasteiger partial charge in [-0.3, -0.25) is 4.79 Å². The van der Waals surface area contributed by atoms with Crippen molar-refractivity contribution in [1.29, 1.82) is 0 Å². The number of halogens is 1. The largest absolute Gasteiger partial charge is 0.483 e. The molecule has 0 saturated carbocycles. The summed E-state index contributed by atoms with van der Waals surface area (Å²) in [6.45, 7) is 5.20. The molecule has 1 atom stereocenters. The van der Waals surface area contributed by atoms with E-state index >= 15 is 0 Å². The van der Waals surface area contributed by atoms with Gasteiger partial charge in [-0.25, -0.2) is 15.0 Å². The van der Waals surface area contributed by atoms with Gasteiger partial charge in [0.1, 0.15) is 11.5 Å². The van der Waals surface area contributed by atoms with E-state index in [1.165, 1.54) is 6.21 Å². The number of carbonyl (C=O) groups excluding carboxylic acids is 3. The molecule has 11 nitrogen and oxygen atoms in total. The number of hydrazone groups is 1. The first-order valence-corrected chi connectivity index (χ1v) is 13.8. The summed E-state index contributed by atoms with van der Waals surface area (Å²) in [6, 6.07) is 11.6. The Bertz CT molecular complexity index is 1330. The Morgan fingerprint density at radius 3 is 2.50 bits per heavy atom. The fraction of sp³-hybridized carbons (Fsp3) is 0.296. The van der Waals surface area contributed by atoms with Crippen LogP contribution >= 0.6 is 34.8 Å². The number of para-hydroxylation sites is 1. The number of allylic oxidation sites excluding steroid dienone is 1. The number of benzene rings is 2. The minimum absolute atomic E-state index is 0.184. The van der Waals surface area contributed by atoms with E-state index in [1.54, 1.807) is 63.2 Å². The van der Waals surface area contributed by atoms with Crippen molar-refractivity contribution in [1.82, 2.24) is 16.1 Å². The van der Waals surface area contributed by atoms with Crippen molar-refractivity contribution in [2.45, 2.75) is 26.8 Å². The maximum Gasteiger partial charge on any atom is 0.344 e. The number of hydrogen-bond donors (Lipinski definition) is 3. The fourth-order valence-electron chi connectivity index (χ4n) is 3.67. The zero-order chi connectivity index (χ0) is 29.1. The SMILES string of the molecule is CCOC(=O)COc1ccc(C=NNC(=O)COc2ccccc2[C@@H]2NC(=S)NC(C)=C2C(=O)OCC)cc1I. The first-order valence-electron chi connectivity index (χ1n) is 12.3. The number of nitrogens with zero attached hydrogens (tertiary/aromatic N) is 1. The topological polar surface area (TPSA) is 137 Å². The number of nitrogens with one attached hydrogen (secondary N) is 3. The van der Waals surface area contributed by atoms with Crippen molar-refractivity contribution in [3.05, 3.63) is 68.4 Å². The third-order valence-electron chi connectivity index (χ3n) is 5.36. The van der Waals surface area contributed by atoms with Crippen molar-refractivity contribution < 1.29 is 33.3 Å². The highest BCUT2D eigenvalue weighted by Gasteiger charge is 2.32. The van der Waals surface area contributed by atoms with Crippen molar-refractivity contribution in [2.75, 3.05) is 26.4 Å². The molecule has 0 fully saturated rings. The van der Waals surface area contributed by atoms with Crippen LogP contribution in [-0.2, 0) is 23.9 Å². The Balaban J connectivity index is 1.61. The van der Waals surface area contributed by atoms with Crippen molar-refractivity contribution in [3.8, 4) is 11.5 Å². The summed E-state index contributed by atoms with van der Waals surface area (Å²) in [5.74, 6) is -0.490. The molecule has 3 N–H and O–H groups in total. The predicted octanol–water partition coefficient (Wildman–Crippen LogP) is 3.12. The molecule has 0 unspecified atom stereocenters. The van der Waals surface area contributed by atoms with E-state index in [2.05, 4.69) is 43.8 Å². The van der Waals surface area contributed by atoms with Crippen LogP contribution < -0.4 is 25.5 Å². The standard InChI is InChI=1S/C27H29IN4O7S/c1-4-36-23(34)15-39-21-11-10-17(12-19(21)28)13-29-32-22(33)14-38-20-9-7-6-8-18(20)25-24(26(35)37-5-2)16(3)30-27(40)31-25/h6-13,25H,4-5,14-15H2,1-3H3,(H,32,33)(H2,30,31,40)/t25-/m0/s1. The van der Waals surface area contributed by atoms with Gasteiger partial charge in [-0.15, -0.1) is 0 Å². The van der Waals surface area contributed by atoms with Crippen molar-refractivity contribution in [2.24, 2.45) is 5.10 Å². The van der Waals surface area contributed by atoms with Gasteiger partial charge in [0.25, 0.3) is 5.91 Å². The lowest BCUT2D eigenvalue weighted by molar-refractivity contribution is -0.145. The molecule has 0 radical (unpaired) electrons. The third-order valence-corrected chi connectivity index (χ3v) is 6.43. The number of esters is 2. The number of rotatable bonds is 12. The van der Waals surface area contributed by atoms with Gasteiger partial charge in [0.2, 0.25) is 0 Å². The lowest BCUT2D eigenvalue weighted by Gasteiger charge is -2.30. The monoisotopic (exact) mass is 680 g/mol. The molecule has 0 spiro atoms. The first-order chi connectivity index (χ1) is 19.2. The number of carbonyl (C=O) groups is 3. The minimum atomic E-state index is -0.628. The summed E-state index contributed by atoms with van der Waals surface area (Å²) in [6.07, 6.45) is 1.47. The lowest BCUT2D eigenvalue weighted by Crippen LogP contribution is -2.45. The van der Waals surface area contributed by atoms with E-state index in [4.69, 9.17) is 31.2 Å². The Morgan fingerprint density at radius 1 is 1.05 bits per heavy atom.